The van der Waals surface area contributed by atoms with Crippen LogP contribution in [0.1, 0.15) is 26.2 Å². The van der Waals surface area contributed by atoms with Crippen molar-refractivity contribution in [2.75, 3.05) is 18.4 Å². The van der Waals surface area contributed by atoms with Crippen molar-refractivity contribution in [3.05, 3.63) is 24.3 Å². The third-order valence-electron chi connectivity index (χ3n) is 4.20. The molecule has 1 saturated heterocycles. The van der Waals surface area contributed by atoms with Crippen LogP contribution in [0, 0.1) is 5.92 Å². The summed E-state index contributed by atoms with van der Waals surface area (Å²) in [5.41, 5.74) is 0.850. The minimum absolute atomic E-state index is 0.0579. The second-order valence-corrected chi connectivity index (χ2v) is 7.10. The molecule has 0 saturated carbocycles. The summed E-state index contributed by atoms with van der Waals surface area (Å²) in [5, 5.41) is 2.58. The zero-order chi connectivity index (χ0) is 14.8. The van der Waals surface area contributed by atoms with E-state index in [2.05, 4.69) is 12.2 Å². The number of anilines is 1. The summed E-state index contributed by atoms with van der Waals surface area (Å²) in [6.07, 6.45) is 2.43. The maximum atomic E-state index is 12.4. The summed E-state index contributed by atoms with van der Waals surface area (Å²) >= 11 is 1.50. The van der Waals surface area contributed by atoms with Crippen molar-refractivity contribution >= 4 is 29.3 Å². The zero-order valence-corrected chi connectivity index (χ0v) is 13.0. The number of benzene rings is 1. The third kappa shape index (κ3) is 3.23. The van der Waals surface area contributed by atoms with E-state index in [0.717, 1.165) is 36.5 Å². The molecule has 4 nitrogen and oxygen atoms in total. The van der Waals surface area contributed by atoms with Gasteiger partial charge in [-0.1, -0.05) is 19.1 Å². The fourth-order valence-electron chi connectivity index (χ4n) is 2.77. The maximum Gasteiger partial charge on any atom is 0.238 e. The highest BCUT2D eigenvalue weighted by atomic mass is 32.2. The third-order valence-corrected chi connectivity index (χ3v) is 5.48. The smallest absolute Gasteiger partial charge is 0.238 e. The van der Waals surface area contributed by atoms with E-state index in [0.29, 0.717) is 12.3 Å². The molecule has 2 aliphatic heterocycles. The number of carbonyl (C=O) groups excluding carboxylic acids is 2. The van der Waals surface area contributed by atoms with Gasteiger partial charge in [-0.25, -0.2) is 0 Å². The van der Waals surface area contributed by atoms with Gasteiger partial charge < -0.3 is 10.2 Å². The molecular weight excluding hydrogens is 284 g/mol. The first kappa shape index (κ1) is 14.4. The average Bonchev–Trinajstić information content (AvgIpc) is 2.48. The van der Waals surface area contributed by atoms with Gasteiger partial charge in [-0.3, -0.25) is 9.59 Å². The largest absolute Gasteiger partial charge is 0.343 e. The fourth-order valence-corrected chi connectivity index (χ4v) is 3.87. The molecule has 0 bridgehead atoms. The maximum absolute atomic E-state index is 12.4. The predicted octanol–water partition coefficient (Wildman–Crippen LogP) is 2.75. The molecule has 0 aromatic heterocycles. The molecule has 1 N–H and O–H groups in total. The lowest BCUT2D eigenvalue weighted by atomic mass is 9.99. The first-order chi connectivity index (χ1) is 10.1. The quantitative estimate of drug-likeness (QED) is 0.914. The number of thioether (sulfide) groups is 1. The Morgan fingerprint density at radius 1 is 1.33 bits per heavy atom. The molecule has 1 atom stereocenters. The van der Waals surface area contributed by atoms with Crippen LogP contribution in [0.2, 0.25) is 0 Å². The summed E-state index contributed by atoms with van der Waals surface area (Å²) in [5.74, 6) is 0.750. The molecule has 2 heterocycles. The number of hydrogen-bond donors (Lipinski definition) is 1. The van der Waals surface area contributed by atoms with Gasteiger partial charge in [0, 0.05) is 24.4 Å². The lowest BCUT2D eigenvalue weighted by Crippen LogP contribution is -2.41. The highest BCUT2D eigenvalue weighted by Crippen LogP contribution is 2.36. The van der Waals surface area contributed by atoms with E-state index in [4.69, 9.17) is 0 Å². The Bertz CT molecular complexity index is 553. The van der Waals surface area contributed by atoms with Gasteiger partial charge >= 0.3 is 0 Å². The van der Waals surface area contributed by atoms with Crippen LogP contribution in [0.3, 0.4) is 0 Å². The van der Waals surface area contributed by atoms with Crippen molar-refractivity contribution in [2.24, 2.45) is 5.92 Å². The number of nitrogens with zero attached hydrogens (tertiary/aromatic N) is 1. The van der Waals surface area contributed by atoms with Crippen molar-refractivity contribution < 1.29 is 9.59 Å². The van der Waals surface area contributed by atoms with Crippen LogP contribution in [0.5, 0.6) is 0 Å². The molecule has 112 valence electrons. The van der Waals surface area contributed by atoms with Crippen molar-refractivity contribution in [2.45, 2.75) is 36.3 Å². The zero-order valence-electron chi connectivity index (χ0n) is 12.2. The highest BCUT2D eigenvalue weighted by molar-refractivity contribution is 8.01. The van der Waals surface area contributed by atoms with Gasteiger partial charge in [0.1, 0.15) is 0 Å². The molecular formula is C16H20N2O2S. The molecule has 0 radical (unpaired) electrons. The average molecular weight is 304 g/mol. The van der Waals surface area contributed by atoms with E-state index < -0.39 is 0 Å². The highest BCUT2D eigenvalue weighted by Gasteiger charge is 2.31. The van der Waals surface area contributed by atoms with Crippen molar-refractivity contribution in [1.82, 2.24) is 4.90 Å². The first-order valence-corrected chi connectivity index (χ1v) is 8.36. The molecule has 5 heteroatoms. The lowest BCUT2D eigenvalue weighted by Gasteiger charge is -2.32. The van der Waals surface area contributed by atoms with Gasteiger partial charge in [0.15, 0.2) is 0 Å². The van der Waals surface area contributed by atoms with Gasteiger partial charge in [-0.2, -0.15) is 0 Å². The number of carbonyl (C=O) groups is 2. The molecule has 2 amide bonds. The van der Waals surface area contributed by atoms with Crippen LogP contribution >= 0.6 is 11.8 Å². The molecule has 2 aliphatic rings. The van der Waals surface area contributed by atoms with Gasteiger partial charge in [0.2, 0.25) is 11.8 Å². The van der Waals surface area contributed by atoms with Gasteiger partial charge in [0.25, 0.3) is 0 Å². The number of likely N-dealkylation sites (tertiary alicyclic amines) is 1. The Labute approximate surface area is 129 Å². The van der Waals surface area contributed by atoms with Crippen LogP contribution in [0.4, 0.5) is 5.69 Å². The summed E-state index contributed by atoms with van der Waals surface area (Å²) in [6.45, 7) is 3.88. The summed E-state index contributed by atoms with van der Waals surface area (Å²) in [6, 6.07) is 7.73. The molecule has 3 rings (SSSR count). The monoisotopic (exact) mass is 304 g/mol. The molecule has 1 aromatic rings. The molecule has 21 heavy (non-hydrogen) atoms. The van der Waals surface area contributed by atoms with Crippen LogP contribution in [-0.4, -0.2) is 35.1 Å². The Morgan fingerprint density at radius 3 is 2.81 bits per heavy atom. The molecule has 1 aromatic carbocycles. The number of fused-ring (bicyclic) bond motifs is 1. The number of piperidine rings is 1. The molecule has 0 unspecified atom stereocenters. The SMILES string of the molecule is CC1CCN(C(=O)C[C@H]2Sc3ccccc3NC2=O)CC1. The van der Waals surface area contributed by atoms with Crippen LogP contribution < -0.4 is 5.32 Å². The Kier molecular flexibility index (Phi) is 4.19. The number of para-hydroxylation sites is 1. The molecule has 1 fully saturated rings. The minimum atomic E-state index is -0.313. The van der Waals surface area contributed by atoms with E-state index in [1.807, 2.05) is 29.2 Å². The standard InChI is InChI=1S/C16H20N2O2S/c1-11-6-8-18(9-7-11)15(19)10-14-16(20)17-12-4-2-3-5-13(12)21-14/h2-5,11,14H,6-10H2,1H3,(H,17,20)/t14-/m1/s1. The van der Waals surface area contributed by atoms with Gasteiger partial charge in [0.05, 0.1) is 10.9 Å². The van der Waals surface area contributed by atoms with Crippen molar-refractivity contribution in [3.63, 3.8) is 0 Å². The molecule has 0 spiro atoms. The first-order valence-electron chi connectivity index (χ1n) is 7.48. The Morgan fingerprint density at radius 2 is 2.05 bits per heavy atom. The normalized spacial score (nSPS) is 22.6. The van der Waals surface area contributed by atoms with Gasteiger partial charge in [-0.15, -0.1) is 11.8 Å². The van der Waals surface area contributed by atoms with Crippen LogP contribution in [-0.2, 0) is 9.59 Å². The minimum Gasteiger partial charge on any atom is -0.343 e. The summed E-state index contributed by atoms with van der Waals surface area (Å²) < 4.78 is 0. The van der Waals surface area contributed by atoms with E-state index in [1.165, 1.54) is 11.8 Å². The van der Waals surface area contributed by atoms with E-state index in [9.17, 15) is 9.59 Å². The Hall–Kier alpha value is -1.49. The second kappa shape index (κ2) is 6.10. The topological polar surface area (TPSA) is 49.4 Å². The van der Waals surface area contributed by atoms with Crippen molar-refractivity contribution in [1.29, 1.82) is 0 Å². The Balaban J connectivity index is 1.63. The second-order valence-electron chi connectivity index (χ2n) is 5.86. The summed E-state index contributed by atoms with van der Waals surface area (Å²) in [4.78, 5) is 27.4. The number of amides is 2. The van der Waals surface area contributed by atoms with E-state index >= 15 is 0 Å². The summed E-state index contributed by atoms with van der Waals surface area (Å²) in [7, 11) is 0. The van der Waals surface area contributed by atoms with Gasteiger partial charge in [-0.05, 0) is 30.9 Å². The van der Waals surface area contributed by atoms with E-state index in [-0.39, 0.29) is 17.1 Å². The number of nitrogens with one attached hydrogen (secondary N) is 1. The number of rotatable bonds is 2. The van der Waals surface area contributed by atoms with E-state index in [1.54, 1.807) is 0 Å². The fraction of sp³-hybridized carbons (Fsp3) is 0.500. The van der Waals surface area contributed by atoms with Crippen LogP contribution in [0.15, 0.2) is 29.2 Å². The number of hydrogen-bond acceptors (Lipinski definition) is 3. The molecule has 0 aliphatic carbocycles. The lowest BCUT2D eigenvalue weighted by molar-refractivity contribution is -0.133. The van der Waals surface area contributed by atoms with Crippen LogP contribution in [0.25, 0.3) is 0 Å². The predicted molar refractivity (Wildman–Crippen MR) is 84.3 cm³/mol. The van der Waals surface area contributed by atoms with Crippen molar-refractivity contribution in [3.8, 4) is 0 Å².